The fourth-order valence-electron chi connectivity index (χ4n) is 1.26. The summed E-state index contributed by atoms with van der Waals surface area (Å²) >= 11 is 0. The monoisotopic (exact) mass is 268 g/mol. The number of imidazole rings is 1. The maximum atomic E-state index is 10.3. The van der Waals surface area contributed by atoms with Gasteiger partial charge in [0.2, 0.25) is 6.33 Å². The van der Waals surface area contributed by atoms with Crippen LogP contribution in [0.25, 0.3) is 0 Å². The molecule has 0 aliphatic carbocycles. The lowest BCUT2D eigenvalue weighted by atomic mass is 10.4. The van der Waals surface area contributed by atoms with Crippen molar-refractivity contribution < 1.29 is 19.1 Å². The largest absolute Gasteiger partial charge is 0.798 e. The van der Waals surface area contributed by atoms with E-state index < -0.39 is 14.3 Å². The van der Waals surface area contributed by atoms with Gasteiger partial charge >= 0.3 is 0 Å². The smallest absolute Gasteiger partial charge is 0.245 e. The first-order valence-electron chi connectivity index (χ1n) is 5.48. The second-order valence-electron chi connectivity index (χ2n) is 3.81. The van der Waals surface area contributed by atoms with Crippen molar-refractivity contribution in [3.63, 3.8) is 0 Å². The third kappa shape index (κ3) is 4.84. The van der Waals surface area contributed by atoms with E-state index >= 15 is 0 Å². The highest BCUT2D eigenvalue weighted by molar-refractivity contribution is 7.45. The summed E-state index contributed by atoms with van der Waals surface area (Å²) in [5.74, 6) is 0. The minimum absolute atomic E-state index is 0.405. The van der Waals surface area contributed by atoms with Crippen LogP contribution in [0, 0.1) is 0 Å². The van der Waals surface area contributed by atoms with Crippen LogP contribution in [-0.4, -0.2) is 9.67 Å². The Hall–Kier alpha value is -1.42. The standard InChI is InChI=1S/C6H11N2O.C6H7O2P/c1-6(9)8-4-3-7(2)5-8;7-9(8)6-4-2-1-3-5-6/h3-6,9H,1-2H3;1-5,9H,(H,7,8)/q+1;/p-1. The lowest BCUT2D eigenvalue weighted by Crippen LogP contribution is -2.34. The summed E-state index contributed by atoms with van der Waals surface area (Å²) in [5.41, 5.74) is 0. The zero-order chi connectivity index (χ0) is 13.5. The third-order valence-electron chi connectivity index (χ3n) is 2.23. The molecule has 1 aromatic heterocycles. The summed E-state index contributed by atoms with van der Waals surface area (Å²) in [4.78, 5) is 10.3. The van der Waals surface area contributed by atoms with Crippen LogP contribution < -0.4 is 14.8 Å². The molecule has 2 atom stereocenters. The molecule has 0 saturated heterocycles. The van der Waals surface area contributed by atoms with E-state index in [4.69, 9.17) is 5.11 Å². The normalized spacial score (nSPS) is 13.3. The van der Waals surface area contributed by atoms with E-state index in [-0.39, 0.29) is 0 Å². The number of aromatic nitrogens is 2. The van der Waals surface area contributed by atoms with E-state index in [0.29, 0.717) is 5.30 Å². The highest BCUT2D eigenvalue weighted by atomic mass is 31.1. The maximum Gasteiger partial charge on any atom is 0.245 e. The number of nitrogens with zero attached hydrogens (tertiary/aromatic N) is 2. The Morgan fingerprint density at radius 2 is 2.00 bits per heavy atom. The van der Waals surface area contributed by atoms with Crippen molar-refractivity contribution in [1.82, 2.24) is 4.57 Å². The topological polar surface area (TPSA) is 69.2 Å². The van der Waals surface area contributed by atoms with Gasteiger partial charge in [0.05, 0.1) is 7.05 Å². The molecule has 0 bridgehead atoms. The molecule has 0 aliphatic rings. The number of aliphatic hydroxyl groups is 1. The molecule has 98 valence electrons. The Morgan fingerprint density at radius 3 is 2.28 bits per heavy atom. The minimum atomic E-state index is -2.71. The molecule has 6 heteroatoms. The lowest BCUT2D eigenvalue weighted by molar-refractivity contribution is -0.755. The van der Waals surface area contributed by atoms with Crippen molar-refractivity contribution in [3.8, 4) is 0 Å². The molecule has 5 nitrogen and oxygen atoms in total. The van der Waals surface area contributed by atoms with Crippen molar-refractivity contribution in [2.45, 2.75) is 13.2 Å². The molecule has 18 heavy (non-hydrogen) atoms. The van der Waals surface area contributed by atoms with Crippen LogP contribution in [0.1, 0.15) is 13.2 Å². The predicted molar refractivity (Wildman–Crippen MR) is 67.6 cm³/mol. The highest BCUT2D eigenvalue weighted by Crippen LogP contribution is 2.04. The summed E-state index contributed by atoms with van der Waals surface area (Å²) in [6.07, 6.45) is 5.10. The van der Waals surface area contributed by atoms with Gasteiger partial charge in [0.25, 0.3) is 0 Å². The van der Waals surface area contributed by atoms with Gasteiger partial charge in [0.1, 0.15) is 12.4 Å². The first kappa shape index (κ1) is 14.6. The van der Waals surface area contributed by atoms with Gasteiger partial charge in [-0.3, -0.25) is 0 Å². The molecule has 2 aromatic rings. The number of hydrogen-bond donors (Lipinski definition) is 1. The van der Waals surface area contributed by atoms with Crippen molar-refractivity contribution >= 4 is 13.3 Å². The van der Waals surface area contributed by atoms with Gasteiger partial charge in [0, 0.05) is 15.0 Å². The van der Waals surface area contributed by atoms with Crippen LogP contribution in [0.4, 0.5) is 0 Å². The molecule has 0 spiro atoms. The van der Waals surface area contributed by atoms with E-state index in [9.17, 15) is 9.46 Å². The zero-order valence-corrected chi connectivity index (χ0v) is 11.4. The second-order valence-corrected chi connectivity index (χ2v) is 4.96. The molecule has 1 N–H and O–H groups in total. The Balaban J connectivity index is 0.000000180. The number of benzene rings is 1. The molecule has 1 heterocycles. The van der Waals surface area contributed by atoms with Gasteiger partial charge < -0.3 is 14.6 Å². The van der Waals surface area contributed by atoms with E-state index in [1.165, 1.54) is 0 Å². The van der Waals surface area contributed by atoms with Crippen LogP contribution in [0.2, 0.25) is 0 Å². The van der Waals surface area contributed by atoms with Crippen LogP contribution in [0.3, 0.4) is 0 Å². The predicted octanol–water partition coefficient (Wildman–Crippen LogP) is -0.0297. The van der Waals surface area contributed by atoms with Crippen LogP contribution in [0.15, 0.2) is 49.1 Å². The quantitative estimate of drug-likeness (QED) is 0.614. The zero-order valence-electron chi connectivity index (χ0n) is 10.4. The van der Waals surface area contributed by atoms with Gasteiger partial charge in [-0.2, -0.15) is 0 Å². The number of aryl methyl sites for hydroxylation is 1. The van der Waals surface area contributed by atoms with E-state index in [0.717, 1.165) is 0 Å². The lowest BCUT2D eigenvalue weighted by Gasteiger charge is -2.01. The van der Waals surface area contributed by atoms with Gasteiger partial charge in [0.15, 0.2) is 6.23 Å². The first-order chi connectivity index (χ1) is 8.50. The van der Waals surface area contributed by atoms with Gasteiger partial charge in [-0.15, -0.1) is 0 Å². The summed E-state index contributed by atoms with van der Waals surface area (Å²) in [6.45, 7) is 1.72. The molecule has 2 unspecified atom stereocenters. The van der Waals surface area contributed by atoms with Gasteiger partial charge in [-0.05, 0) is 5.30 Å². The average Bonchev–Trinajstić information content (AvgIpc) is 2.78. The fraction of sp³-hybridized carbons (Fsp3) is 0.250. The Kier molecular flexibility index (Phi) is 5.78. The summed E-state index contributed by atoms with van der Waals surface area (Å²) in [6, 6.07) is 8.35. The molecule has 0 saturated carbocycles. The molecule has 0 amide bonds. The summed E-state index contributed by atoms with van der Waals surface area (Å²) in [7, 11) is -0.797. The minimum Gasteiger partial charge on any atom is -0.798 e. The second kappa shape index (κ2) is 7.11. The first-order valence-corrected chi connectivity index (χ1v) is 6.79. The van der Waals surface area contributed by atoms with Crippen LogP contribution >= 0.6 is 8.03 Å². The molecule has 2 rings (SSSR count). The SMILES string of the molecule is CC(O)[n+]1ccn(C)c1.O=[PH]([O-])c1ccccc1. The van der Waals surface area contributed by atoms with E-state index in [1.807, 2.05) is 30.3 Å². The fourth-order valence-corrected chi connectivity index (χ4v) is 1.73. The van der Waals surface area contributed by atoms with Crippen molar-refractivity contribution in [2.24, 2.45) is 7.05 Å². The molecule has 0 aliphatic heterocycles. The van der Waals surface area contributed by atoms with Crippen molar-refractivity contribution in [2.75, 3.05) is 0 Å². The van der Waals surface area contributed by atoms with Crippen LogP contribution in [0.5, 0.6) is 0 Å². The van der Waals surface area contributed by atoms with E-state index in [2.05, 4.69) is 0 Å². The van der Waals surface area contributed by atoms with Gasteiger partial charge in [-0.1, -0.05) is 30.3 Å². The average molecular weight is 268 g/mol. The molecule has 0 radical (unpaired) electrons. The Morgan fingerprint density at radius 1 is 1.39 bits per heavy atom. The Labute approximate surface area is 107 Å². The molecular formula is C12H17N2O3P. The van der Waals surface area contributed by atoms with E-state index in [1.54, 1.807) is 41.8 Å². The molecular weight excluding hydrogens is 251 g/mol. The number of rotatable bonds is 2. The Bertz CT molecular complexity index is 497. The van der Waals surface area contributed by atoms with Gasteiger partial charge in [-0.25, -0.2) is 9.13 Å². The summed E-state index contributed by atoms with van der Waals surface area (Å²) in [5, 5.41) is 9.39. The van der Waals surface area contributed by atoms with Crippen LogP contribution in [-0.2, 0) is 11.6 Å². The third-order valence-corrected chi connectivity index (χ3v) is 3.04. The van der Waals surface area contributed by atoms with Crippen molar-refractivity contribution in [1.29, 1.82) is 0 Å². The molecule has 1 aromatic carbocycles. The summed E-state index contributed by atoms with van der Waals surface area (Å²) < 4.78 is 13.9. The van der Waals surface area contributed by atoms with Crippen molar-refractivity contribution in [3.05, 3.63) is 49.1 Å². The number of aliphatic hydroxyl groups excluding tert-OH is 1. The molecule has 0 fully saturated rings. The highest BCUT2D eigenvalue weighted by Gasteiger charge is 2.03. The number of hydrogen-bond acceptors (Lipinski definition) is 3. The maximum absolute atomic E-state index is 10.3.